The summed E-state index contributed by atoms with van der Waals surface area (Å²) in [6, 6.07) is 8.16. The van der Waals surface area contributed by atoms with E-state index in [1.807, 2.05) is 31.3 Å². The number of aromatic nitrogens is 2. The number of unbranched alkanes of at least 4 members (excludes halogenated alkanes) is 3. The summed E-state index contributed by atoms with van der Waals surface area (Å²) in [7, 11) is 2.51. The van der Waals surface area contributed by atoms with E-state index >= 15 is 0 Å². The highest BCUT2D eigenvalue weighted by atomic mass is 32.1. The van der Waals surface area contributed by atoms with Gasteiger partial charge in [0.2, 0.25) is 5.13 Å². The van der Waals surface area contributed by atoms with E-state index in [9.17, 15) is 9.18 Å². The minimum Gasteiger partial charge on any atom is -0.350 e. The monoisotopic (exact) mass is 480 g/mol. The van der Waals surface area contributed by atoms with Gasteiger partial charge >= 0.3 is 0 Å². The van der Waals surface area contributed by atoms with Crippen molar-refractivity contribution in [1.82, 2.24) is 14.7 Å². The molecule has 2 rings (SSSR count). The van der Waals surface area contributed by atoms with Crippen LogP contribution in [0.3, 0.4) is 0 Å². The maximum atomic E-state index is 11.4. The number of hydrogen-bond acceptors (Lipinski definition) is 6. The van der Waals surface area contributed by atoms with E-state index in [0.29, 0.717) is 18.6 Å². The zero-order valence-electron chi connectivity index (χ0n) is 21.8. The first kappa shape index (κ1) is 31.1. The molecule has 5 nitrogen and oxygen atoms in total. The Morgan fingerprint density at radius 1 is 1.12 bits per heavy atom. The molecule has 1 N–H and O–H groups in total. The molecular formula is C26H45FN4OS. The third-order valence-electron chi connectivity index (χ3n) is 5.07. The standard InChI is InChI=1S/C14H17N3OS.C11H25N.CH3F/c1-4-8-17(3)14-15-13(16-19-14)12-7-5-6-11(9-12)10(2)18;1-4-6-7-8-10-12-11(3)9-5-2;1-2/h5-7,9H,4,8H2,1-3H3;11-12H,4-10H2,1-3H3;1H3. The number of halogens is 1. The fraction of sp³-hybridized carbons (Fsp3) is 0.654. The Balaban J connectivity index is 0.000000635. The topological polar surface area (TPSA) is 58.1 Å². The molecule has 0 amide bonds. The van der Waals surface area contributed by atoms with Gasteiger partial charge in [-0.25, -0.2) is 0 Å². The number of anilines is 1. The van der Waals surface area contributed by atoms with Gasteiger partial charge in [0.25, 0.3) is 0 Å². The van der Waals surface area contributed by atoms with Crippen LogP contribution in [0.4, 0.5) is 9.52 Å². The molecule has 0 aliphatic rings. The summed E-state index contributed by atoms with van der Waals surface area (Å²) in [5, 5.41) is 4.45. The smallest absolute Gasteiger partial charge is 0.205 e. The molecule has 0 aliphatic heterocycles. The highest BCUT2D eigenvalue weighted by molar-refractivity contribution is 7.09. The largest absolute Gasteiger partial charge is 0.350 e. The van der Waals surface area contributed by atoms with Gasteiger partial charge in [0.15, 0.2) is 11.6 Å². The van der Waals surface area contributed by atoms with Crippen molar-refractivity contribution < 1.29 is 9.18 Å². The average molecular weight is 481 g/mol. The SMILES string of the molecule is CCCCCCNC(C)CCC.CCCN(C)c1nc(-c2cccc(C(C)=O)c2)ns1.CF. The molecule has 0 spiro atoms. The van der Waals surface area contributed by atoms with E-state index in [1.165, 1.54) is 56.6 Å². The maximum absolute atomic E-state index is 11.4. The number of benzene rings is 1. The summed E-state index contributed by atoms with van der Waals surface area (Å²) in [5.41, 5.74) is 1.58. The van der Waals surface area contributed by atoms with Crippen molar-refractivity contribution in [3.63, 3.8) is 0 Å². The minimum atomic E-state index is 0.0559. The van der Waals surface area contributed by atoms with Crippen LogP contribution in [-0.2, 0) is 0 Å². The molecule has 0 radical (unpaired) electrons. The Kier molecular flexibility index (Phi) is 18.5. The number of rotatable bonds is 13. The molecule has 33 heavy (non-hydrogen) atoms. The Bertz CT molecular complexity index is 753. The normalized spacial score (nSPS) is 11.0. The Morgan fingerprint density at radius 2 is 1.85 bits per heavy atom. The number of Topliss-reactive ketones (excluding diaryl/α,β-unsaturated/α-hetero) is 1. The van der Waals surface area contributed by atoms with E-state index < -0.39 is 0 Å². The molecule has 0 aliphatic carbocycles. The van der Waals surface area contributed by atoms with Crippen molar-refractivity contribution in [3.8, 4) is 11.4 Å². The van der Waals surface area contributed by atoms with Gasteiger partial charge in [0, 0.05) is 42.3 Å². The van der Waals surface area contributed by atoms with E-state index in [2.05, 4.69) is 47.3 Å². The highest BCUT2D eigenvalue weighted by Crippen LogP contribution is 2.24. The van der Waals surface area contributed by atoms with Crippen LogP contribution < -0.4 is 10.2 Å². The Hall–Kier alpha value is -1.86. The molecular weight excluding hydrogens is 435 g/mol. The Morgan fingerprint density at radius 3 is 2.45 bits per heavy atom. The van der Waals surface area contributed by atoms with Crippen LogP contribution in [0.2, 0.25) is 0 Å². The second-order valence-corrected chi connectivity index (χ2v) is 8.89. The second kappa shape index (κ2) is 19.6. The van der Waals surface area contributed by atoms with Crippen molar-refractivity contribution in [2.75, 3.05) is 32.2 Å². The van der Waals surface area contributed by atoms with Crippen LogP contribution in [0, 0.1) is 0 Å². The van der Waals surface area contributed by atoms with Crippen LogP contribution in [0.1, 0.15) is 89.9 Å². The number of hydrogen-bond donors (Lipinski definition) is 1. The van der Waals surface area contributed by atoms with Crippen LogP contribution in [0.15, 0.2) is 24.3 Å². The fourth-order valence-corrected chi connectivity index (χ4v) is 3.90. The molecule has 0 bridgehead atoms. The summed E-state index contributed by atoms with van der Waals surface area (Å²) in [4.78, 5) is 18.0. The van der Waals surface area contributed by atoms with Crippen LogP contribution in [0.25, 0.3) is 11.4 Å². The van der Waals surface area contributed by atoms with Crippen molar-refractivity contribution >= 4 is 22.4 Å². The number of nitrogens with zero attached hydrogens (tertiary/aromatic N) is 3. The fourth-order valence-electron chi connectivity index (χ4n) is 3.23. The molecule has 7 heteroatoms. The summed E-state index contributed by atoms with van der Waals surface area (Å²) < 4.78 is 13.9. The van der Waals surface area contributed by atoms with Gasteiger partial charge in [-0.15, -0.1) is 0 Å². The van der Waals surface area contributed by atoms with Gasteiger partial charge < -0.3 is 10.2 Å². The molecule has 0 fully saturated rings. The zero-order chi connectivity index (χ0) is 25.1. The molecule has 1 heterocycles. The molecule has 0 saturated carbocycles. The van der Waals surface area contributed by atoms with Crippen LogP contribution in [-0.4, -0.2) is 48.5 Å². The minimum absolute atomic E-state index is 0.0559. The van der Waals surface area contributed by atoms with Gasteiger partial charge in [-0.05, 0) is 45.7 Å². The quantitative estimate of drug-likeness (QED) is 0.243. The van der Waals surface area contributed by atoms with Crippen molar-refractivity contribution in [3.05, 3.63) is 29.8 Å². The van der Waals surface area contributed by atoms with Crippen LogP contribution in [0.5, 0.6) is 0 Å². The van der Waals surface area contributed by atoms with Crippen molar-refractivity contribution in [2.24, 2.45) is 0 Å². The second-order valence-electron chi connectivity index (χ2n) is 8.16. The van der Waals surface area contributed by atoms with E-state index in [0.717, 1.165) is 29.7 Å². The van der Waals surface area contributed by atoms with Gasteiger partial charge in [-0.1, -0.05) is 64.7 Å². The third kappa shape index (κ3) is 13.4. The van der Waals surface area contributed by atoms with Crippen LogP contribution >= 0.6 is 11.5 Å². The number of nitrogens with one attached hydrogen (secondary N) is 1. The summed E-state index contributed by atoms with van der Waals surface area (Å²) in [6.45, 7) is 12.7. The lowest BCUT2D eigenvalue weighted by molar-refractivity contribution is 0.101. The van der Waals surface area contributed by atoms with Gasteiger partial charge in [-0.2, -0.15) is 9.36 Å². The first-order chi connectivity index (χ1) is 15.9. The lowest BCUT2D eigenvalue weighted by Crippen LogP contribution is -2.26. The summed E-state index contributed by atoms with van der Waals surface area (Å²) >= 11 is 1.39. The predicted molar refractivity (Wildman–Crippen MR) is 142 cm³/mol. The average Bonchev–Trinajstić information content (AvgIpc) is 3.32. The van der Waals surface area contributed by atoms with Gasteiger partial charge in [-0.3, -0.25) is 9.18 Å². The number of ketones is 1. The number of carbonyl (C=O) groups is 1. The lowest BCUT2D eigenvalue weighted by atomic mass is 10.1. The van der Waals surface area contributed by atoms with Gasteiger partial charge in [0.05, 0.1) is 7.18 Å². The highest BCUT2D eigenvalue weighted by Gasteiger charge is 2.11. The van der Waals surface area contributed by atoms with Gasteiger partial charge in [0.1, 0.15) is 0 Å². The van der Waals surface area contributed by atoms with E-state index in [1.54, 1.807) is 6.92 Å². The number of alkyl halides is 1. The lowest BCUT2D eigenvalue weighted by Gasteiger charge is -2.12. The molecule has 1 aromatic heterocycles. The number of carbonyl (C=O) groups excluding carboxylic acids is 1. The summed E-state index contributed by atoms with van der Waals surface area (Å²) in [5.74, 6) is 0.742. The third-order valence-corrected chi connectivity index (χ3v) is 5.90. The van der Waals surface area contributed by atoms with Crippen molar-refractivity contribution in [2.45, 2.75) is 85.6 Å². The predicted octanol–water partition coefficient (Wildman–Crippen LogP) is 7.18. The Labute approximate surface area is 205 Å². The molecule has 188 valence electrons. The molecule has 0 saturated heterocycles. The molecule has 2 aromatic rings. The zero-order valence-corrected chi connectivity index (χ0v) is 22.6. The van der Waals surface area contributed by atoms with E-state index in [4.69, 9.17) is 0 Å². The first-order valence-corrected chi connectivity index (χ1v) is 13.0. The molecule has 1 atom stereocenters. The molecule has 1 unspecified atom stereocenters. The summed E-state index contributed by atoms with van der Waals surface area (Å²) in [6.07, 6.45) is 9.15. The van der Waals surface area contributed by atoms with E-state index in [-0.39, 0.29) is 5.78 Å². The maximum Gasteiger partial charge on any atom is 0.205 e. The molecule has 1 aromatic carbocycles. The first-order valence-electron chi connectivity index (χ1n) is 12.2. The van der Waals surface area contributed by atoms with Crippen molar-refractivity contribution in [1.29, 1.82) is 0 Å².